The van der Waals surface area contributed by atoms with Crippen LogP contribution in [0.25, 0.3) is 0 Å². The van der Waals surface area contributed by atoms with Crippen LogP contribution < -0.4 is 4.90 Å². The molecule has 3 nitrogen and oxygen atoms in total. The van der Waals surface area contributed by atoms with Gasteiger partial charge in [0.05, 0.1) is 22.9 Å². The summed E-state index contributed by atoms with van der Waals surface area (Å²) < 4.78 is 13.9. The van der Waals surface area contributed by atoms with Gasteiger partial charge in [0.15, 0.2) is 0 Å². The van der Waals surface area contributed by atoms with E-state index in [4.69, 9.17) is 10.5 Å². The fourth-order valence-electron chi connectivity index (χ4n) is 1.99. The minimum Gasteiger partial charge on any atom is -0.369 e. The number of nitriles is 2. The zero-order chi connectivity index (χ0) is 14.5. The predicted octanol–water partition coefficient (Wildman–Crippen LogP) is 3.21. The maximum Gasteiger partial charge on any atom is 0.129 e. The van der Waals surface area contributed by atoms with Gasteiger partial charge in [0.1, 0.15) is 11.9 Å². The molecule has 2 rings (SSSR count). The van der Waals surface area contributed by atoms with Crippen LogP contribution in [-0.4, -0.2) is 7.05 Å². The standard InChI is InChI=1S/C16H12FN3/c1-20(16-5-3-2-4-13(16)10-19)11-14-7-6-12(9-18)8-15(14)17/h2-8H,11H2,1H3. The van der Waals surface area contributed by atoms with Crippen molar-refractivity contribution in [2.45, 2.75) is 6.54 Å². The lowest BCUT2D eigenvalue weighted by Gasteiger charge is -2.20. The summed E-state index contributed by atoms with van der Waals surface area (Å²) in [6.45, 7) is 0.330. The molecule has 0 fully saturated rings. The number of nitrogens with zero attached hydrogens (tertiary/aromatic N) is 3. The zero-order valence-corrected chi connectivity index (χ0v) is 11.0. The van der Waals surface area contributed by atoms with Gasteiger partial charge in [-0.25, -0.2) is 4.39 Å². The molecule has 0 aliphatic carbocycles. The van der Waals surface area contributed by atoms with E-state index in [1.54, 1.807) is 31.3 Å². The molecule has 0 radical (unpaired) electrons. The largest absolute Gasteiger partial charge is 0.369 e. The maximum atomic E-state index is 13.9. The van der Waals surface area contributed by atoms with Crippen molar-refractivity contribution in [3.05, 3.63) is 65.0 Å². The fourth-order valence-corrected chi connectivity index (χ4v) is 1.99. The first-order valence-corrected chi connectivity index (χ1v) is 6.04. The van der Waals surface area contributed by atoms with Gasteiger partial charge in [0.2, 0.25) is 0 Å². The average Bonchev–Trinajstić information content (AvgIpc) is 2.49. The van der Waals surface area contributed by atoms with Crippen LogP contribution in [0.3, 0.4) is 0 Å². The molecule has 0 spiro atoms. The lowest BCUT2D eigenvalue weighted by Crippen LogP contribution is -2.18. The average molecular weight is 265 g/mol. The molecule has 0 bridgehead atoms. The van der Waals surface area contributed by atoms with E-state index < -0.39 is 5.82 Å². The monoisotopic (exact) mass is 265 g/mol. The van der Waals surface area contributed by atoms with Crippen molar-refractivity contribution in [1.82, 2.24) is 0 Å². The molecule has 0 atom stereocenters. The zero-order valence-electron chi connectivity index (χ0n) is 11.0. The highest BCUT2D eigenvalue weighted by molar-refractivity contribution is 5.59. The van der Waals surface area contributed by atoms with Gasteiger partial charge in [0.25, 0.3) is 0 Å². The van der Waals surface area contributed by atoms with Crippen molar-refractivity contribution in [2.24, 2.45) is 0 Å². The van der Waals surface area contributed by atoms with E-state index >= 15 is 0 Å². The molecule has 0 aliphatic rings. The summed E-state index contributed by atoms with van der Waals surface area (Å²) in [4.78, 5) is 1.81. The Morgan fingerprint density at radius 3 is 2.50 bits per heavy atom. The van der Waals surface area contributed by atoms with Crippen molar-refractivity contribution in [3.63, 3.8) is 0 Å². The van der Waals surface area contributed by atoms with Gasteiger partial charge in [0, 0.05) is 19.2 Å². The van der Waals surface area contributed by atoms with Gasteiger partial charge >= 0.3 is 0 Å². The molecule has 4 heteroatoms. The molecule has 0 N–H and O–H groups in total. The van der Waals surface area contributed by atoms with E-state index in [9.17, 15) is 4.39 Å². The normalized spacial score (nSPS) is 9.60. The van der Waals surface area contributed by atoms with E-state index in [-0.39, 0.29) is 0 Å². The fraction of sp³-hybridized carbons (Fsp3) is 0.125. The van der Waals surface area contributed by atoms with Gasteiger partial charge in [-0.3, -0.25) is 0 Å². The third kappa shape index (κ3) is 2.76. The van der Waals surface area contributed by atoms with Crippen LogP contribution in [0.15, 0.2) is 42.5 Å². The second kappa shape index (κ2) is 5.86. The highest BCUT2D eigenvalue weighted by Gasteiger charge is 2.10. The molecular formula is C16H12FN3. The van der Waals surface area contributed by atoms with Gasteiger partial charge in [-0.1, -0.05) is 18.2 Å². The minimum absolute atomic E-state index is 0.298. The Labute approximate surface area is 117 Å². The first-order chi connectivity index (χ1) is 9.65. The first kappa shape index (κ1) is 13.6. The molecule has 0 unspecified atom stereocenters. The number of para-hydroxylation sites is 1. The minimum atomic E-state index is -0.412. The van der Waals surface area contributed by atoms with Crippen molar-refractivity contribution in [2.75, 3.05) is 11.9 Å². The van der Waals surface area contributed by atoms with Gasteiger partial charge in [-0.15, -0.1) is 0 Å². The molecule has 20 heavy (non-hydrogen) atoms. The predicted molar refractivity (Wildman–Crippen MR) is 74.4 cm³/mol. The third-order valence-electron chi connectivity index (χ3n) is 3.03. The van der Waals surface area contributed by atoms with Crippen LogP contribution in [0.1, 0.15) is 16.7 Å². The van der Waals surface area contributed by atoms with Crippen molar-refractivity contribution in [1.29, 1.82) is 10.5 Å². The molecule has 2 aromatic carbocycles. The Balaban J connectivity index is 2.26. The molecule has 0 aromatic heterocycles. The smallest absolute Gasteiger partial charge is 0.129 e. The maximum absolute atomic E-state index is 13.9. The summed E-state index contributed by atoms with van der Waals surface area (Å²) in [6, 6.07) is 15.6. The lowest BCUT2D eigenvalue weighted by molar-refractivity contribution is 0.607. The Morgan fingerprint density at radius 2 is 1.85 bits per heavy atom. The quantitative estimate of drug-likeness (QED) is 0.856. The second-order valence-corrected chi connectivity index (χ2v) is 4.40. The van der Waals surface area contributed by atoms with E-state index in [0.717, 1.165) is 5.69 Å². The van der Waals surface area contributed by atoms with E-state index in [1.807, 2.05) is 23.1 Å². The Morgan fingerprint density at radius 1 is 1.10 bits per heavy atom. The van der Waals surface area contributed by atoms with Crippen LogP contribution in [0.5, 0.6) is 0 Å². The summed E-state index contributed by atoms with van der Waals surface area (Å²) in [5.41, 5.74) is 2.08. The number of benzene rings is 2. The van der Waals surface area contributed by atoms with Crippen molar-refractivity contribution >= 4 is 5.69 Å². The van der Waals surface area contributed by atoms with Crippen molar-refractivity contribution < 1.29 is 4.39 Å². The topological polar surface area (TPSA) is 50.8 Å². The van der Waals surface area contributed by atoms with Crippen molar-refractivity contribution in [3.8, 4) is 12.1 Å². The Kier molecular flexibility index (Phi) is 3.98. The Bertz CT molecular complexity index is 710. The second-order valence-electron chi connectivity index (χ2n) is 4.40. The molecule has 98 valence electrons. The molecule has 0 saturated carbocycles. The molecule has 0 heterocycles. The highest BCUT2D eigenvalue weighted by Crippen LogP contribution is 2.21. The summed E-state index contributed by atoms with van der Waals surface area (Å²) >= 11 is 0. The summed E-state index contributed by atoms with van der Waals surface area (Å²) in [7, 11) is 1.80. The van der Waals surface area contributed by atoms with E-state index in [0.29, 0.717) is 23.2 Å². The lowest BCUT2D eigenvalue weighted by atomic mass is 10.1. The summed E-state index contributed by atoms with van der Waals surface area (Å²) in [5.74, 6) is -0.412. The molecular weight excluding hydrogens is 253 g/mol. The van der Waals surface area contributed by atoms with E-state index in [1.165, 1.54) is 6.07 Å². The third-order valence-corrected chi connectivity index (χ3v) is 3.03. The molecule has 0 amide bonds. The van der Waals surface area contributed by atoms with Crippen LogP contribution in [-0.2, 0) is 6.54 Å². The first-order valence-electron chi connectivity index (χ1n) is 6.04. The molecule has 0 saturated heterocycles. The SMILES string of the molecule is CN(Cc1ccc(C#N)cc1F)c1ccccc1C#N. The number of halogens is 1. The van der Waals surface area contributed by atoms with Crippen LogP contribution in [0.2, 0.25) is 0 Å². The number of hydrogen-bond acceptors (Lipinski definition) is 3. The Hall–Kier alpha value is -2.85. The van der Waals surface area contributed by atoms with Crippen LogP contribution in [0.4, 0.5) is 10.1 Å². The highest BCUT2D eigenvalue weighted by atomic mass is 19.1. The van der Waals surface area contributed by atoms with Gasteiger partial charge in [-0.05, 0) is 24.3 Å². The number of rotatable bonds is 3. The van der Waals surface area contributed by atoms with Crippen LogP contribution in [0, 0.1) is 28.5 Å². The number of hydrogen-bond donors (Lipinski definition) is 0. The van der Waals surface area contributed by atoms with Crippen LogP contribution >= 0.6 is 0 Å². The van der Waals surface area contributed by atoms with E-state index in [2.05, 4.69) is 6.07 Å². The van der Waals surface area contributed by atoms with Gasteiger partial charge in [-0.2, -0.15) is 10.5 Å². The number of anilines is 1. The molecule has 2 aromatic rings. The summed E-state index contributed by atoms with van der Waals surface area (Å²) in [6.07, 6.45) is 0. The summed E-state index contributed by atoms with van der Waals surface area (Å²) in [5, 5.41) is 17.8. The molecule has 0 aliphatic heterocycles. The van der Waals surface area contributed by atoms with Gasteiger partial charge < -0.3 is 4.90 Å².